The maximum atomic E-state index is 8.11. The number of benzene rings is 1. The van der Waals surface area contributed by atoms with Crippen molar-refractivity contribution in [1.29, 1.82) is 5.41 Å². The van der Waals surface area contributed by atoms with Gasteiger partial charge in [0.1, 0.15) is 6.61 Å². The fourth-order valence-electron chi connectivity index (χ4n) is 1.72. The minimum Gasteiger partial charge on any atom is -0.479 e. The zero-order valence-electron chi connectivity index (χ0n) is 9.66. The van der Waals surface area contributed by atoms with Gasteiger partial charge in [-0.05, 0) is 19.4 Å². The van der Waals surface area contributed by atoms with Gasteiger partial charge in [0.2, 0.25) is 0 Å². The second-order valence-electron chi connectivity index (χ2n) is 4.07. The van der Waals surface area contributed by atoms with Gasteiger partial charge in [0.15, 0.2) is 5.90 Å². The molecular weight excluding hydrogens is 200 g/mol. The van der Waals surface area contributed by atoms with Gasteiger partial charge in [-0.2, -0.15) is 0 Å². The number of rotatable bonds is 3. The van der Waals surface area contributed by atoms with E-state index in [1.165, 1.54) is 5.56 Å². The highest BCUT2D eigenvalue weighted by molar-refractivity contribution is 6.11. The van der Waals surface area contributed by atoms with Gasteiger partial charge in [0, 0.05) is 0 Å². The van der Waals surface area contributed by atoms with Crippen LogP contribution in [0.2, 0.25) is 0 Å². The predicted octanol–water partition coefficient (Wildman–Crippen LogP) is 2.43. The lowest BCUT2D eigenvalue weighted by Gasteiger charge is -2.13. The van der Waals surface area contributed by atoms with Crippen molar-refractivity contribution < 1.29 is 4.74 Å². The minimum atomic E-state index is -0.0507. The first-order valence-electron chi connectivity index (χ1n) is 5.51. The van der Waals surface area contributed by atoms with E-state index in [9.17, 15) is 0 Å². The first kappa shape index (κ1) is 10.9. The van der Waals surface area contributed by atoms with Gasteiger partial charge in [-0.25, -0.2) is 0 Å². The third-order valence-corrected chi connectivity index (χ3v) is 2.77. The average Bonchev–Trinajstić information content (AvgIpc) is 2.81. The van der Waals surface area contributed by atoms with E-state index in [2.05, 4.69) is 4.99 Å². The van der Waals surface area contributed by atoms with Gasteiger partial charge in [-0.3, -0.25) is 4.99 Å². The highest BCUT2D eigenvalue weighted by Crippen LogP contribution is 2.14. The molecule has 1 aromatic rings. The SMILES string of the molecule is Cc1ccc(C(=N)C(C)C2=NCCO2)cc1. The summed E-state index contributed by atoms with van der Waals surface area (Å²) >= 11 is 0. The quantitative estimate of drug-likeness (QED) is 0.775. The van der Waals surface area contributed by atoms with Crippen LogP contribution in [-0.4, -0.2) is 24.8 Å². The molecule has 0 fully saturated rings. The average molecular weight is 216 g/mol. The van der Waals surface area contributed by atoms with Crippen LogP contribution in [0.4, 0.5) is 0 Å². The molecule has 84 valence electrons. The van der Waals surface area contributed by atoms with Gasteiger partial charge < -0.3 is 10.1 Å². The van der Waals surface area contributed by atoms with Gasteiger partial charge in [0.05, 0.1) is 18.2 Å². The standard InChI is InChI=1S/C13H16N2O/c1-9-3-5-11(6-4-9)12(14)10(2)13-15-7-8-16-13/h3-6,10,14H,7-8H2,1-2H3. The van der Waals surface area contributed by atoms with Crippen molar-refractivity contribution in [2.24, 2.45) is 10.9 Å². The van der Waals surface area contributed by atoms with Crippen molar-refractivity contribution in [2.75, 3.05) is 13.2 Å². The third kappa shape index (κ3) is 2.13. The van der Waals surface area contributed by atoms with Gasteiger partial charge in [-0.1, -0.05) is 29.8 Å². The Morgan fingerprint density at radius 3 is 2.62 bits per heavy atom. The summed E-state index contributed by atoms with van der Waals surface area (Å²) in [4.78, 5) is 4.25. The molecule has 2 rings (SSSR count). The first-order chi connectivity index (χ1) is 7.68. The molecule has 16 heavy (non-hydrogen) atoms. The summed E-state index contributed by atoms with van der Waals surface area (Å²) < 4.78 is 5.39. The van der Waals surface area contributed by atoms with Crippen LogP contribution in [0.1, 0.15) is 18.1 Å². The van der Waals surface area contributed by atoms with E-state index < -0.39 is 0 Å². The van der Waals surface area contributed by atoms with Gasteiger partial charge >= 0.3 is 0 Å². The summed E-state index contributed by atoms with van der Waals surface area (Å²) in [6, 6.07) is 8.00. The molecule has 1 aromatic carbocycles. The van der Waals surface area contributed by atoms with Crippen molar-refractivity contribution in [3.05, 3.63) is 35.4 Å². The molecule has 1 N–H and O–H groups in total. The molecule has 0 spiro atoms. The van der Waals surface area contributed by atoms with Crippen LogP contribution in [0.15, 0.2) is 29.3 Å². The molecule has 3 heteroatoms. The van der Waals surface area contributed by atoms with Crippen LogP contribution >= 0.6 is 0 Å². The summed E-state index contributed by atoms with van der Waals surface area (Å²) in [6.07, 6.45) is 0. The van der Waals surface area contributed by atoms with Crippen LogP contribution < -0.4 is 0 Å². The first-order valence-corrected chi connectivity index (χ1v) is 5.51. The molecule has 0 aliphatic carbocycles. The molecule has 3 nitrogen and oxygen atoms in total. The Morgan fingerprint density at radius 1 is 1.38 bits per heavy atom. The minimum absolute atomic E-state index is 0.0507. The molecule has 0 bridgehead atoms. The number of aliphatic imine (C=N–C) groups is 1. The zero-order chi connectivity index (χ0) is 11.5. The molecule has 1 unspecified atom stereocenters. The van der Waals surface area contributed by atoms with Crippen molar-refractivity contribution in [3.63, 3.8) is 0 Å². The number of aryl methyl sites for hydroxylation is 1. The van der Waals surface area contributed by atoms with E-state index in [4.69, 9.17) is 10.1 Å². The van der Waals surface area contributed by atoms with Crippen LogP contribution in [0, 0.1) is 18.3 Å². The van der Waals surface area contributed by atoms with Crippen LogP contribution in [0.25, 0.3) is 0 Å². The van der Waals surface area contributed by atoms with E-state index in [1.54, 1.807) is 0 Å². The Labute approximate surface area is 95.7 Å². The summed E-state index contributed by atoms with van der Waals surface area (Å²) in [5.41, 5.74) is 2.72. The van der Waals surface area contributed by atoms with Gasteiger partial charge in [-0.15, -0.1) is 0 Å². The summed E-state index contributed by atoms with van der Waals surface area (Å²) in [5, 5.41) is 8.11. The number of hydrogen-bond donors (Lipinski definition) is 1. The highest BCUT2D eigenvalue weighted by atomic mass is 16.5. The van der Waals surface area contributed by atoms with Gasteiger partial charge in [0.25, 0.3) is 0 Å². The second-order valence-corrected chi connectivity index (χ2v) is 4.07. The molecule has 0 aromatic heterocycles. The summed E-state index contributed by atoms with van der Waals surface area (Å²) in [7, 11) is 0. The number of nitrogens with zero attached hydrogens (tertiary/aromatic N) is 1. The maximum Gasteiger partial charge on any atom is 0.192 e. The molecule has 0 amide bonds. The summed E-state index contributed by atoms with van der Waals surface area (Å²) in [6.45, 7) is 5.38. The Hall–Kier alpha value is -1.64. The van der Waals surface area contributed by atoms with Crippen molar-refractivity contribution in [1.82, 2.24) is 0 Å². The van der Waals surface area contributed by atoms with Crippen LogP contribution in [-0.2, 0) is 4.74 Å². The van der Waals surface area contributed by atoms with E-state index in [1.807, 2.05) is 38.1 Å². The normalized spacial score (nSPS) is 16.5. The second kappa shape index (κ2) is 4.47. The van der Waals surface area contributed by atoms with Crippen molar-refractivity contribution in [3.8, 4) is 0 Å². The smallest absolute Gasteiger partial charge is 0.192 e. The molecule has 0 saturated carbocycles. The Morgan fingerprint density at radius 2 is 2.06 bits per heavy atom. The molecule has 1 heterocycles. The third-order valence-electron chi connectivity index (χ3n) is 2.77. The Bertz CT molecular complexity index is 420. The van der Waals surface area contributed by atoms with E-state index >= 15 is 0 Å². The Kier molecular flexibility index (Phi) is 3.04. The number of nitrogens with one attached hydrogen (secondary N) is 1. The lowest BCUT2D eigenvalue weighted by atomic mass is 9.97. The fraction of sp³-hybridized carbons (Fsp3) is 0.385. The van der Waals surface area contributed by atoms with Crippen LogP contribution in [0.5, 0.6) is 0 Å². The van der Waals surface area contributed by atoms with E-state index in [0.29, 0.717) is 18.2 Å². The van der Waals surface area contributed by atoms with Crippen molar-refractivity contribution >= 4 is 11.6 Å². The largest absolute Gasteiger partial charge is 0.479 e. The zero-order valence-corrected chi connectivity index (χ0v) is 9.66. The monoisotopic (exact) mass is 216 g/mol. The topological polar surface area (TPSA) is 45.4 Å². The Balaban J connectivity index is 2.15. The van der Waals surface area contributed by atoms with E-state index in [-0.39, 0.29) is 5.92 Å². The molecule has 0 saturated heterocycles. The number of ether oxygens (including phenoxy) is 1. The highest BCUT2D eigenvalue weighted by Gasteiger charge is 2.21. The maximum absolute atomic E-state index is 8.11. The summed E-state index contributed by atoms with van der Waals surface area (Å²) in [5.74, 6) is 0.649. The van der Waals surface area contributed by atoms with Crippen LogP contribution in [0.3, 0.4) is 0 Å². The molecule has 0 radical (unpaired) electrons. The molecular formula is C13H16N2O. The fourth-order valence-corrected chi connectivity index (χ4v) is 1.72. The predicted molar refractivity (Wildman–Crippen MR) is 65.4 cm³/mol. The van der Waals surface area contributed by atoms with E-state index in [0.717, 1.165) is 12.1 Å². The van der Waals surface area contributed by atoms with Crippen molar-refractivity contribution in [2.45, 2.75) is 13.8 Å². The number of hydrogen-bond acceptors (Lipinski definition) is 3. The molecule has 1 aliphatic rings. The molecule has 1 aliphatic heterocycles. The molecule has 1 atom stereocenters. The lowest BCUT2D eigenvalue weighted by Crippen LogP contribution is -2.21. The lowest BCUT2D eigenvalue weighted by molar-refractivity contribution is 0.334.